The lowest BCUT2D eigenvalue weighted by molar-refractivity contribution is 0.157. The first-order chi connectivity index (χ1) is 13.1. The fourth-order valence-electron chi connectivity index (χ4n) is 3.75. The SMILES string of the molecule is CCN(CC)C(=O)Oc1c(C)ccc2c1ccc1c3ccccc3ccc21. The molecule has 3 heteroatoms. The Kier molecular flexibility index (Phi) is 4.44. The van der Waals surface area contributed by atoms with Gasteiger partial charge in [-0.15, -0.1) is 0 Å². The minimum Gasteiger partial charge on any atom is -0.409 e. The minimum absolute atomic E-state index is 0.297. The molecular weight excluding hydrogens is 334 g/mol. The van der Waals surface area contributed by atoms with Crippen LogP contribution in [0.2, 0.25) is 0 Å². The molecule has 4 aromatic carbocycles. The normalized spacial score (nSPS) is 11.2. The zero-order chi connectivity index (χ0) is 19.0. The molecule has 0 unspecified atom stereocenters. The summed E-state index contributed by atoms with van der Waals surface area (Å²) >= 11 is 0. The molecule has 0 saturated heterocycles. The minimum atomic E-state index is -0.297. The molecule has 0 heterocycles. The van der Waals surface area contributed by atoms with Gasteiger partial charge in [-0.3, -0.25) is 0 Å². The summed E-state index contributed by atoms with van der Waals surface area (Å²) in [7, 11) is 0. The maximum Gasteiger partial charge on any atom is 0.415 e. The standard InChI is InChI=1S/C24H23NO2/c1-4-25(5-2)24(26)27-23-16(3)10-12-21-20-13-11-17-8-6-7-9-18(17)19(20)14-15-22(21)23/h6-15H,4-5H2,1-3H3. The first-order valence-electron chi connectivity index (χ1n) is 9.44. The first kappa shape index (κ1) is 17.3. The molecule has 0 atom stereocenters. The molecular formula is C24H23NO2. The number of hydrogen-bond donors (Lipinski definition) is 0. The molecule has 3 nitrogen and oxygen atoms in total. The maximum absolute atomic E-state index is 12.5. The Morgan fingerprint density at radius 2 is 1.37 bits per heavy atom. The van der Waals surface area contributed by atoms with E-state index in [0.29, 0.717) is 18.8 Å². The Balaban J connectivity index is 1.93. The van der Waals surface area contributed by atoms with Crippen LogP contribution in [0.1, 0.15) is 19.4 Å². The van der Waals surface area contributed by atoms with Gasteiger partial charge in [-0.1, -0.05) is 54.6 Å². The van der Waals surface area contributed by atoms with Gasteiger partial charge in [0.2, 0.25) is 0 Å². The van der Waals surface area contributed by atoms with Gasteiger partial charge in [0, 0.05) is 18.5 Å². The van der Waals surface area contributed by atoms with Crippen molar-refractivity contribution in [3.05, 3.63) is 66.2 Å². The molecule has 0 aliphatic rings. The van der Waals surface area contributed by atoms with E-state index >= 15 is 0 Å². The summed E-state index contributed by atoms with van der Waals surface area (Å²) in [6, 6.07) is 21.1. The molecule has 0 saturated carbocycles. The number of hydrogen-bond acceptors (Lipinski definition) is 2. The van der Waals surface area contributed by atoms with Gasteiger partial charge < -0.3 is 9.64 Å². The lowest BCUT2D eigenvalue weighted by atomic mass is 9.96. The Bertz CT molecular complexity index is 1160. The quantitative estimate of drug-likeness (QED) is 0.403. The predicted octanol–water partition coefficient (Wildman–Crippen LogP) is 6.30. The predicted molar refractivity (Wildman–Crippen MR) is 113 cm³/mol. The summed E-state index contributed by atoms with van der Waals surface area (Å²) in [5.74, 6) is 0.652. The van der Waals surface area contributed by atoms with E-state index in [9.17, 15) is 4.79 Å². The fourth-order valence-corrected chi connectivity index (χ4v) is 3.75. The average molecular weight is 357 g/mol. The lowest BCUT2D eigenvalue weighted by Crippen LogP contribution is -2.33. The molecule has 0 N–H and O–H groups in total. The summed E-state index contributed by atoms with van der Waals surface area (Å²) in [5, 5.41) is 6.92. The highest BCUT2D eigenvalue weighted by molar-refractivity contribution is 6.18. The van der Waals surface area contributed by atoms with E-state index in [1.54, 1.807) is 4.90 Å². The number of aryl methyl sites for hydroxylation is 1. The maximum atomic E-state index is 12.5. The van der Waals surface area contributed by atoms with Gasteiger partial charge in [0.05, 0.1) is 0 Å². The highest BCUT2D eigenvalue weighted by atomic mass is 16.6. The Morgan fingerprint density at radius 3 is 2.15 bits per heavy atom. The van der Waals surface area contributed by atoms with Crippen LogP contribution in [0, 0.1) is 6.92 Å². The fraction of sp³-hybridized carbons (Fsp3) is 0.208. The Labute approximate surface area is 159 Å². The second-order valence-electron chi connectivity index (χ2n) is 6.79. The van der Waals surface area contributed by atoms with E-state index in [2.05, 4.69) is 54.6 Å². The van der Waals surface area contributed by atoms with Crippen molar-refractivity contribution in [2.24, 2.45) is 0 Å². The van der Waals surface area contributed by atoms with Crippen molar-refractivity contribution >= 4 is 38.4 Å². The van der Waals surface area contributed by atoms with Gasteiger partial charge in [-0.2, -0.15) is 0 Å². The van der Waals surface area contributed by atoms with E-state index in [0.717, 1.165) is 16.3 Å². The van der Waals surface area contributed by atoms with E-state index in [1.807, 2.05) is 26.8 Å². The third kappa shape index (κ3) is 2.89. The number of carbonyl (C=O) groups excluding carboxylic acids is 1. The van der Waals surface area contributed by atoms with Crippen molar-refractivity contribution in [1.82, 2.24) is 4.90 Å². The van der Waals surface area contributed by atoms with Crippen molar-refractivity contribution in [2.45, 2.75) is 20.8 Å². The number of ether oxygens (including phenoxy) is 1. The summed E-state index contributed by atoms with van der Waals surface area (Å²) < 4.78 is 5.83. The monoisotopic (exact) mass is 357 g/mol. The number of nitrogens with zero attached hydrogens (tertiary/aromatic N) is 1. The summed E-state index contributed by atoms with van der Waals surface area (Å²) in [5.41, 5.74) is 0.961. The zero-order valence-corrected chi connectivity index (χ0v) is 16.0. The molecule has 0 aromatic heterocycles. The molecule has 0 aliphatic heterocycles. The third-order valence-corrected chi connectivity index (χ3v) is 5.28. The largest absolute Gasteiger partial charge is 0.415 e. The average Bonchev–Trinajstić information content (AvgIpc) is 2.70. The van der Waals surface area contributed by atoms with Crippen LogP contribution in [0.5, 0.6) is 5.75 Å². The zero-order valence-electron chi connectivity index (χ0n) is 16.0. The van der Waals surface area contributed by atoms with Crippen molar-refractivity contribution in [3.8, 4) is 5.75 Å². The van der Waals surface area contributed by atoms with Crippen LogP contribution in [-0.4, -0.2) is 24.1 Å². The summed E-state index contributed by atoms with van der Waals surface area (Å²) in [4.78, 5) is 14.2. The van der Waals surface area contributed by atoms with Crippen LogP contribution in [-0.2, 0) is 0 Å². The molecule has 27 heavy (non-hydrogen) atoms. The topological polar surface area (TPSA) is 29.5 Å². The van der Waals surface area contributed by atoms with Gasteiger partial charge in [-0.05, 0) is 59.3 Å². The van der Waals surface area contributed by atoms with Crippen LogP contribution in [0.4, 0.5) is 4.79 Å². The van der Waals surface area contributed by atoms with Gasteiger partial charge in [0.15, 0.2) is 0 Å². The molecule has 0 bridgehead atoms. The second-order valence-corrected chi connectivity index (χ2v) is 6.79. The second kappa shape index (κ2) is 6.92. The van der Waals surface area contributed by atoms with Crippen LogP contribution in [0.15, 0.2) is 60.7 Å². The molecule has 136 valence electrons. The van der Waals surface area contributed by atoms with E-state index < -0.39 is 0 Å². The third-order valence-electron chi connectivity index (χ3n) is 5.28. The van der Waals surface area contributed by atoms with Gasteiger partial charge >= 0.3 is 6.09 Å². The molecule has 4 aromatic rings. The Morgan fingerprint density at radius 1 is 0.778 bits per heavy atom. The lowest BCUT2D eigenvalue weighted by Gasteiger charge is -2.20. The van der Waals surface area contributed by atoms with Gasteiger partial charge in [0.25, 0.3) is 0 Å². The van der Waals surface area contributed by atoms with Crippen LogP contribution < -0.4 is 4.74 Å². The van der Waals surface area contributed by atoms with Crippen molar-refractivity contribution in [1.29, 1.82) is 0 Å². The van der Waals surface area contributed by atoms with E-state index in [1.165, 1.54) is 21.5 Å². The van der Waals surface area contributed by atoms with Crippen molar-refractivity contribution in [2.75, 3.05) is 13.1 Å². The number of carbonyl (C=O) groups is 1. The molecule has 0 radical (unpaired) electrons. The highest BCUT2D eigenvalue weighted by Gasteiger charge is 2.16. The van der Waals surface area contributed by atoms with Crippen LogP contribution in [0.25, 0.3) is 32.3 Å². The number of amides is 1. The van der Waals surface area contributed by atoms with Crippen molar-refractivity contribution < 1.29 is 9.53 Å². The number of rotatable bonds is 3. The molecule has 0 aliphatic carbocycles. The number of benzene rings is 4. The Hall–Kier alpha value is -3.07. The van der Waals surface area contributed by atoms with E-state index in [4.69, 9.17) is 4.74 Å². The number of fused-ring (bicyclic) bond motifs is 5. The smallest absolute Gasteiger partial charge is 0.409 e. The molecule has 1 amide bonds. The molecule has 0 spiro atoms. The first-order valence-corrected chi connectivity index (χ1v) is 9.44. The van der Waals surface area contributed by atoms with Gasteiger partial charge in [-0.25, -0.2) is 4.79 Å². The van der Waals surface area contributed by atoms with Crippen LogP contribution >= 0.6 is 0 Å². The highest BCUT2D eigenvalue weighted by Crippen LogP contribution is 2.37. The van der Waals surface area contributed by atoms with Crippen LogP contribution in [0.3, 0.4) is 0 Å². The van der Waals surface area contributed by atoms with E-state index in [-0.39, 0.29) is 6.09 Å². The van der Waals surface area contributed by atoms with Gasteiger partial charge in [0.1, 0.15) is 5.75 Å². The molecule has 4 rings (SSSR count). The summed E-state index contributed by atoms with van der Waals surface area (Å²) in [6.45, 7) is 7.16. The molecule has 0 fully saturated rings. The van der Waals surface area contributed by atoms with Crippen molar-refractivity contribution in [3.63, 3.8) is 0 Å². The summed E-state index contributed by atoms with van der Waals surface area (Å²) in [6.07, 6.45) is -0.297.